The molecule has 0 fully saturated rings. The molecule has 0 amide bonds. The molecule has 0 radical (unpaired) electrons. The number of hydrogen-bond acceptors (Lipinski definition) is 8. The molecule has 10 nitrogen and oxygen atoms in total. The predicted octanol–water partition coefficient (Wildman–Crippen LogP) is -0.509. The van der Waals surface area contributed by atoms with Gasteiger partial charge in [-0.1, -0.05) is 26.0 Å². The number of carbonyl (C=O) groups is 2. The fourth-order valence-corrected chi connectivity index (χ4v) is 1.87. The first-order valence-electron chi connectivity index (χ1n) is 9.02. The van der Waals surface area contributed by atoms with Crippen molar-refractivity contribution in [2.75, 3.05) is 26.9 Å². The van der Waals surface area contributed by atoms with Gasteiger partial charge in [0.15, 0.2) is 12.2 Å². The molecular formula is C19H31NO9. The number of ether oxygens (including phenoxy) is 2. The normalized spacial score (nSPS) is 13.8. The Labute approximate surface area is 169 Å². The molecule has 0 aromatic heterocycles. The van der Waals surface area contributed by atoms with E-state index in [1.165, 1.54) is 5.56 Å². The van der Waals surface area contributed by atoms with E-state index < -0.39 is 30.3 Å². The SMILES string of the molecule is COCCc1ccc(OCC(O)CNC(C)C)cc1.O=C(O)[C@H](O)[C@@H](O)C(=O)O. The van der Waals surface area contributed by atoms with E-state index in [0.29, 0.717) is 19.2 Å². The summed E-state index contributed by atoms with van der Waals surface area (Å²) in [4.78, 5) is 19.5. The molecule has 0 aliphatic carbocycles. The summed E-state index contributed by atoms with van der Waals surface area (Å²) < 4.78 is 10.6. The minimum Gasteiger partial charge on any atom is -0.491 e. The van der Waals surface area contributed by atoms with Crippen molar-refractivity contribution < 1.29 is 44.6 Å². The summed E-state index contributed by atoms with van der Waals surface area (Å²) >= 11 is 0. The number of nitrogens with one attached hydrogen (secondary N) is 1. The summed E-state index contributed by atoms with van der Waals surface area (Å²) in [6.07, 6.45) is -4.12. The van der Waals surface area contributed by atoms with E-state index in [9.17, 15) is 14.7 Å². The number of aliphatic hydroxyl groups is 3. The molecule has 29 heavy (non-hydrogen) atoms. The van der Waals surface area contributed by atoms with Crippen LogP contribution < -0.4 is 10.1 Å². The Bertz CT molecular complexity index is 574. The van der Waals surface area contributed by atoms with Gasteiger partial charge < -0.3 is 40.3 Å². The van der Waals surface area contributed by atoms with E-state index in [0.717, 1.165) is 18.8 Å². The van der Waals surface area contributed by atoms with Crippen molar-refractivity contribution in [1.82, 2.24) is 5.32 Å². The van der Waals surface area contributed by atoms with Crippen molar-refractivity contribution in [1.29, 1.82) is 0 Å². The minimum absolute atomic E-state index is 0.303. The minimum atomic E-state index is -2.27. The maximum absolute atomic E-state index is 9.77. The fraction of sp³-hybridized carbons (Fsp3) is 0.579. The molecule has 1 unspecified atom stereocenters. The van der Waals surface area contributed by atoms with Crippen LogP contribution in [-0.2, 0) is 20.7 Å². The van der Waals surface area contributed by atoms with E-state index in [4.69, 9.17) is 29.9 Å². The molecule has 6 N–H and O–H groups in total. The highest BCUT2D eigenvalue weighted by atomic mass is 16.5. The van der Waals surface area contributed by atoms with Gasteiger partial charge in [-0.3, -0.25) is 0 Å². The second kappa shape index (κ2) is 14.7. The topological polar surface area (TPSA) is 166 Å². The van der Waals surface area contributed by atoms with Gasteiger partial charge >= 0.3 is 11.9 Å². The Morgan fingerprint density at radius 1 is 1.00 bits per heavy atom. The first-order chi connectivity index (χ1) is 13.6. The molecule has 0 spiro atoms. The molecular weight excluding hydrogens is 386 g/mol. The Hall–Kier alpha value is -2.24. The molecule has 0 saturated carbocycles. The first kappa shape index (κ1) is 26.8. The predicted molar refractivity (Wildman–Crippen MR) is 104 cm³/mol. The summed E-state index contributed by atoms with van der Waals surface area (Å²) in [7, 11) is 1.70. The average Bonchev–Trinajstić information content (AvgIpc) is 2.68. The third kappa shape index (κ3) is 12.8. The lowest BCUT2D eigenvalue weighted by atomic mass is 10.1. The van der Waals surface area contributed by atoms with Crippen LogP contribution in [0.1, 0.15) is 19.4 Å². The van der Waals surface area contributed by atoms with E-state index >= 15 is 0 Å². The third-order valence-electron chi connectivity index (χ3n) is 3.53. The number of rotatable bonds is 12. The van der Waals surface area contributed by atoms with Crippen LogP contribution in [0.15, 0.2) is 24.3 Å². The third-order valence-corrected chi connectivity index (χ3v) is 3.53. The fourth-order valence-electron chi connectivity index (χ4n) is 1.87. The molecule has 3 atom stereocenters. The zero-order valence-electron chi connectivity index (χ0n) is 16.8. The monoisotopic (exact) mass is 417 g/mol. The van der Waals surface area contributed by atoms with Gasteiger partial charge in [0.25, 0.3) is 0 Å². The number of aliphatic carboxylic acids is 2. The van der Waals surface area contributed by atoms with Crippen LogP contribution in [0.5, 0.6) is 5.75 Å². The van der Waals surface area contributed by atoms with Crippen LogP contribution in [0.3, 0.4) is 0 Å². The van der Waals surface area contributed by atoms with Crippen molar-refractivity contribution in [3.63, 3.8) is 0 Å². The average molecular weight is 417 g/mol. The number of hydrogen-bond donors (Lipinski definition) is 6. The molecule has 0 saturated heterocycles. The van der Waals surface area contributed by atoms with Crippen molar-refractivity contribution >= 4 is 11.9 Å². The molecule has 0 bridgehead atoms. The lowest BCUT2D eigenvalue weighted by Crippen LogP contribution is -2.39. The summed E-state index contributed by atoms with van der Waals surface area (Å²) in [6.45, 7) is 5.67. The van der Waals surface area contributed by atoms with Crippen molar-refractivity contribution in [2.45, 2.75) is 44.6 Å². The molecule has 1 aromatic carbocycles. The number of carboxylic acid groups (broad SMARTS) is 2. The Balaban J connectivity index is 0.000000665. The van der Waals surface area contributed by atoms with E-state index in [1.54, 1.807) is 7.11 Å². The van der Waals surface area contributed by atoms with Crippen molar-refractivity contribution in [3.8, 4) is 5.75 Å². The molecule has 0 aliphatic rings. The second-order valence-corrected chi connectivity index (χ2v) is 6.48. The quantitative estimate of drug-likeness (QED) is 0.261. The molecule has 0 heterocycles. The Morgan fingerprint density at radius 3 is 1.93 bits per heavy atom. The highest BCUT2D eigenvalue weighted by Gasteiger charge is 2.29. The van der Waals surface area contributed by atoms with E-state index in [-0.39, 0.29) is 0 Å². The lowest BCUT2D eigenvalue weighted by Gasteiger charge is -2.15. The van der Waals surface area contributed by atoms with Crippen LogP contribution in [-0.4, -0.2) is 88.7 Å². The summed E-state index contributed by atoms with van der Waals surface area (Å²) in [5.74, 6) is -2.76. The zero-order chi connectivity index (χ0) is 22.4. The Kier molecular flexibility index (Phi) is 13.6. The summed E-state index contributed by atoms with van der Waals surface area (Å²) in [5.41, 5.74) is 1.22. The number of benzene rings is 1. The number of carboxylic acids is 2. The van der Waals surface area contributed by atoms with Gasteiger partial charge in [-0.2, -0.15) is 0 Å². The van der Waals surface area contributed by atoms with Gasteiger partial charge in [-0.25, -0.2) is 9.59 Å². The first-order valence-corrected chi connectivity index (χ1v) is 9.02. The molecule has 1 rings (SSSR count). The van der Waals surface area contributed by atoms with Gasteiger partial charge in [-0.15, -0.1) is 0 Å². The lowest BCUT2D eigenvalue weighted by molar-refractivity contribution is -0.165. The van der Waals surface area contributed by atoms with Crippen LogP contribution in [0.2, 0.25) is 0 Å². The van der Waals surface area contributed by atoms with Gasteiger partial charge in [0.1, 0.15) is 18.5 Å². The largest absolute Gasteiger partial charge is 0.491 e. The van der Waals surface area contributed by atoms with Gasteiger partial charge in [0, 0.05) is 19.7 Å². The molecule has 166 valence electrons. The molecule has 10 heteroatoms. The summed E-state index contributed by atoms with van der Waals surface area (Å²) in [5, 5.41) is 45.4. The molecule has 1 aromatic rings. The summed E-state index contributed by atoms with van der Waals surface area (Å²) in [6, 6.07) is 8.26. The number of methoxy groups -OCH3 is 1. The van der Waals surface area contributed by atoms with Gasteiger partial charge in [0.2, 0.25) is 0 Å². The second-order valence-electron chi connectivity index (χ2n) is 6.48. The highest BCUT2D eigenvalue weighted by Crippen LogP contribution is 2.12. The number of aliphatic hydroxyl groups excluding tert-OH is 3. The van der Waals surface area contributed by atoms with E-state index in [1.807, 2.05) is 38.1 Å². The Morgan fingerprint density at radius 2 is 1.52 bits per heavy atom. The smallest absolute Gasteiger partial charge is 0.335 e. The maximum atomic E-state index is 9.77. The molecule has 0 aliphatic heterocycles. The van der Waals surface area contributed by atoms with Crippen molar-refractivity contribution in [2.24, 2.45) is 0 Å². The van der Waals surface area contributed by atoms with E-state index in [2.05, 4.69) is 5.32 Å². The van der Waals surface area contributed by atoms with Gasteiger partial charge in [-0.05, 0) is 24.1 Å². The standard InChI is InChI=1S/C15H25NO3.C4H6O6/c1-12(2)16-10-14(17)11-19-15-6-4-13(5-7-15)8-9-18-3;5-1(3(7)8)2(6)4(9)10/h4-7,12,14,16-17H,8-11H2,1-3H3;1-2,5-6H,(H,7,8)(H,9,10)/t;1-,2-/m.1/s1. The van der Waals surface area contributed by atoms with Crippen LogP contribution >= 0.6 is 0 Å². The van der Waals surface area contributed by atoms with Gasteiger partial charge in [0.05, 0.1) is 6.61 Å². The van der Waals surface area contributed by atoms with Crippen molar-refractivity contribution in [3.05, 3.63) is 29.8 Å². The van der Waals surface area contributed by atoms with Crippen LogP contribution in [0, 0.1) is 0 Å². The zero-order valence-corrected chi connectivity index (χ0v) is 16.8. The van der Waals surface area contributed by atoms with Crippen LogP contribution in [0.4, 0.5) is 0 Å². The van der Waals surface area contributed by atoms with Crippen LogP contribution in [0.25, 0.3) is 0 Å². The maximum Gasteiger partial charge on any atom is 0.335 e. The highest BCUT2D eigenvalue weighted by molar-refractivity contribution is 5.83.